The molecular formula is C27H36FN5OS. The van der Waals surface area contributed by atoms with Crippen molar-refractivity contribution in [3.8, 4) is 0 Å². The van der Waals surface area contributed by atoms with Crippen LogP contribution in [0.4, 0.5) is 9.52 Å². The minimum Gasteiger partial charge on any atom is -0.376 e. The Bertz CT molecular complexity index is 1080. The van der Waals surface area contributed by atoms with E-state index in [1.54, 1.807) is 18.3 Å². The predicted molar refractivity (Wildman–Crippen MR) is 141 cm³/mol. The third kappa shape index (κ3) is 5.60. The molecule has 0 bridgehead atoms. The summed E-state index contributed by atoms with van der Waals surface area (Å²) in [4.78, 5) is 15.4. The average Bonchev–Trinajstić information content (AvgIpc) is 3.00. The lowest BCUT2D eigenvalue weighted by molar-refractivity contribution is -0.00787. The molecule has 6 nitrogen and oxygen atoms in total. The van der Waals surface area contributed by atoms with E-state index in [1.807, 2.05) is 12.1 Å². The highest BCUT2D eigenvalue weighted by molar-refractivity contribution is 7.15. The van der Waals surface area contributed by atoms with E-state index >= 15 is 0 Å². The summed E-state index contributed by atoms with van der Waals surface area (Å²) in [5, 5.41) is 11.9. The molecule has 1 aromatic heterocycles. The Morgan fingerprint density at radius 3 is 2.77 bits per heavy atom. The van der Waals surface area contributed by atoms with Gasteiger partial charge in [0.2, 0.25) is 0 Å². The van der Waals surface area contributed by atoms with Crippen molar-refractivity contribution in [2.24, 2.45) is 10.9 Å². The van der Waals surface area contributed by atoms with Gasteiger partial charge in [-0.15, -0.1) is 11.3 Å². The number of hydrogen-bond acceptors (Lipinski definition) is 7. The molecule has 1 unspecified atom stereocenters. The number of β-amino-alcohol motifs (C(OH)–C–C–N with tert-alkyl or cyclic N) is 1. The molecule has 1 saturated carbocycles. The molecule has 35 heavy (non-hydrogen) atoms. The van der Waals surface area contributed by atoms with Crippen molar-refractivity contribution in [1.29, 1.82) is 0 Å². The zero-order valence-corrected chi connectivity index (χ0v) is 21.4. The number of aliphatic hydroxyl groups is 1. The molecule has 1 fully saturated rings. The summed E-state index contributed by atoms with van der Waals surface area (Å²) >= 11 is 1.57. The van der Waals surface area contributed by atoms with Crippen LogP contribution < -0.4 is 5.73 Å². The second-order valence-corrected chi connectivity index (χ2v) is 11.1. The van der Waals surface area contributed by atoms with Crippen LogP contribution in [0.15, 0.2) is 29.3 Å². The fourth-order valence-corrected chi connectivity index (χ4v) is 6.47. The van der Waals surface area contributed by atoms with Crippen LogP contribution in [0.3, 0.4) is 0 Å². The number of nitrogens with zero attached hydrogens (tertiary/aromatic N) is 4. The van der Waals surface area contributed by atoms with E-state index < -0.39 is 6.23 Å². The maximum atomic E-state index is 13.9. The Balaban J connectivity index is 1.35. The third-order valence-corrected chi connectivity index (χ3v) is 8.57. The van der Waals surface area contributed by atoms with Crippen LogP contribution in [0.5, 0.6) is 0 Å². The van der Waals surface area contributed by atoms with Gasteiger partial charge in [-0.3, -0.25) is 4.90 Å². The van der Waals surface area contributed by atoms with Gasteiger partial charge in [0.25, 0.3) is 0 Å². The quantitative estimate of drug-likeness (QED) is 0.630. The van der Waals surface area contributed by atoms with Crippen molar-refractivity contribution in [2.45, 2.75) is 64.5 Å². The van der Waals surface area contributed by atoms with E-state index in [0.29, 0.717) is 23.2 Å². The molecule has 0 amide bonds. The summed E-state index contributed by atoms with van der Waals surface area (Å²) < 4.78 is 13.9. The summed E-state index contributed by atoms with van der Waals surface area (Å²) in [5.41, 5.74) is 9.51. The first-order valence-electron chi connectivity index (χ1n) is 12.9. The Morgan fingerprint density at radius 1 is 1.17 bits per heavy atom. The van der Waals surface area contributed by atoms with Gasteiger partial charge in [-0.1, -0.05) is 25.3 Å². The molecule has 1 atom stereocenters. The number of nitrogens with two attached hydrogens (primary N) is 1. The van der Waals surface area contributed by atoms with Gasteiger partial charge in [0.05, 0.1) is 17.9 Å². The molecule has 1 aliphatic carbocycles. The molecule has 3 aliphatic rings. The van der Waals surface area contributed by atoms with E-state index in [1.165, 1.54) is 30.2 Å². The normalized spacial score (nSPS) is 21.1. The maximum absolute atomic E-state index is 13.9. The highest BCUT2D eigenvalue weighted by atomic mass is 32.1. The Kier molecular flexibility index (Phi) is 7.51. The highest BCUT2D eigenvalue weighted by Gasteiger charge is 2.29. The average molecular weight is 498 g/mol. The van der Waals surface area contributed by atoms with Crippen molar-refractivity contribution in [3.63, 3.8) is 0 Å². The molecule has 2 aromatic rings. The molecule has 2 aliphatic heterocycles. The van der Waals surface area contributed by atoms with Crippen LogP contribution in [-0.2, 0) is 12.8 Å². The minimum atomic E-state index is -0.565. The second kappa shape index (κ2) is 10.8. The van der Waals surface area contributed by atoms with Crippen LogP contribution in [-0.4, -0.2) is 58.1 Å². The first-order valence-corrected chi connectivity index (χ1v) is 13.8. The fourth-order valence-electron chi connectivity index (χ4n) is 5.60. The number of aliphatic hydroxyl groups excluding tert-OH is 1. The number of halogens is 1. The van der Waals surface area contributed by atoms with Gasteiger partial charge in [0.15, 0.2) is 5.13 Å². The van der Waals surface area contributed by atoms with E-state index in [4.69, 9.17) is 10.7 Å². The van der Waals surface area contributed by atoms with Crippen molar-refractivity contribution in [1.82, 2.24) is 14.8 Å². The fraction of sp³-hybridized carbons (Fsp3) is 0.556. The second-order valence-electron chi connectivity index (χ2n) is 10.0. The largest absolute Gasteiger partial charge is 0.376 e. The molecule has 8 heteroatoms. The molecule has 3 N–H and O–H groups in total. The number of thiazole rings is 1. The van der Waals surface area contributed by atoms with Crippen molar-refractivity contribution < 1.29 is 9.50 Å². The number of nitrogen functional groups attached to an aromatic ring is 1. The van der Waals surface area contributed by atoms with Crippen LogP contribution in [0.1, 0.15) is 60.2 Å². The molecule has 5 rings (SSSR count). The first-order chi connectivity index (χ1) is 17.0. The minimum absolute atomic E-state index is 0.186. The van der Waals surface area contributed by atoms with Gasteiger partial charge in [-0.25, -0.2) is 14.4 Å². The summed E-state index contributed by atoms with van der Waals surface area (Å²) in [6.45, 7) is 4.75. The van der Waals surface area contributed by atoms with Crippen molar-refractivity contribution in [3.05, 3.63) is 51.8 Å². The lowest BCUT2D eigenvalue weighted by atomic mass is 9.87. The molecule has 0 radical (unpaired) electrons. The molecular weight excluding hydrogens is 461 g/mol. The monoisotopic (exact) mass is 497 g/mol. The molecule has 188 valence electrons. The summed E-state index contributed by atoms with van der Waals surface area (Å²) in [6.07, 6.45) is 10.1. The number of aryl methyl sites for hydroxylation is 1. The van der Waals surface area contributed by atoms with Gasteiger partial charge in [0.1, 0.15) is 17.9 Å². The smallest absolute Gasteiger partial charge is 0.180 e. The van der Waals surface area contributed by atoms with E-state index in [-0.39, 0.29) is 5.82 Å². The van der Waals surface area contributed by atoms with E-state index in [2.05, 4.69) is 20.9 Å². The lowest BCUT2D eigenvalue weighted by Gasteiger charge is -2.36. The molecule has 0 saturated heterocycles. The maximum Gasteiger partial charge on any atom is 0.180 e. The van der Waals surface area contributed by atoms with Crippen molar-refractivity contribution in [2.75, 3.05) is 31.9 Å². The van der Waals surface area contributed by atoms with Crippen LogP contribution in [0.2, 0.25) is 0 Å². The first kappa shape index (κ1) is 24.4. The van der Waals surface area contributed by atoms with E-state index in [0.717, 1.165) is 74.5 Å². The number of aliphatic imine (C=N–C) groups is 1. The third-order valence-electron chi connectivity index (χ3n) is 7.58. The number of fused-ring (bicyclic) bond motifs is 1. The Morgan fingerprint density at radius 2 is 1.97 bits per heavy atom. The molecule has 1 aromatic carbocycles. The summed E-state index contributed by atoms with van der Waals surface area (Å²) in [7, 11) is 0. The van der Waals surface area contributed by atoms with Gasteiger partial charge in [-0.05, 0) is 56.4 Å². The Labute approximate surface area is 211 Å². The van der Waals surface area contributed by atoms with Gasteiger partial charge in [0, 0.05) is 42.4 Å². The number of rotatable bonds is 5. The summed E-state index contributed by atoms with van der Waals surface area (Å²) in [6, 6.07) is 5.26. The molecule has 0 spiro atoms. The zero-order valence-electron chi connectivity index (χ0n) is 20.5. The van der Waals surface area contributed by atoms with Crippen molar-refractivity contribution >= 4 is 28.0 Å². The Hall–Kier alpha value is -2.29. The topological polar surface area (TPSA) is 78.0 Å². The highest BCUT2D eigenvalue weighted by Crippen LogP contribution is 2.31. The molecule has 3 heterocycles. The standard InChI is InChI=1S/C27H36FN5OS/c1-18-16-20(9-10-21(18)28)22-8-5-13-33(26(30-22)19-6-3-2-4-7-19)17-25(34)32-14-11-23-24(12-15-32)35-27(29)31-23/h8-10,16,19,25,34H,2-7,11-15,17H2,1H3,(H2,29,31). The van der Waals surface area contributed by atoms with Crippen LogP contribution >= 0.6 is 11.3 Å². The number of hydrogen-bond donors (Lipinski definition) is 2. The van der Waals surface area contributed by atoms with Crippen LogP contribution in [0, 0.1) is 18.7 Å². The zero-order chi connectivity index (χ0) is 24.4. The van der Waals surface area contributed by atoms with E-state index in [9.17, 15) is 9.50 Å². The lowest BCUT2D eigenvalue weighted by Crippen LogP contribution is -2.48. The van der Waals surface area contributed by atoms with Gasteiger partial charge >= 0.3 is 0 Å². The number of anilines is 1. The van der Waals surface area contributed by atoms with Gasteiger partial charge in [-0.2, -0.15) is 0 Å². The number of aromatic nitrogens is 1. The van der Waals surface area contributed by atoms with Gasteiger partial charge < -0.3 is 15.7 Å². The SMILES string of the molecule is Cc1cc(C2=CCCN(CC(O)N3CCc4nc(N)sc4CC3)C(C3CCCCC3)=N2)ccc1F. The summed E-state index contributed by atoms with van der Waals surface area (Å²) in [5.74, 6) is 1.31. The predicted octanol–water partition coefficient (Wildman–Crippen LogP) is 4.62. The van der Waals surface area contributed by atoms with Crippen LogP contribution in [0.25, 0.3) is 5.70 Å². The number of amidine groups is 1. The number of benzene rings is 1.